The Bertz CT molecular complexity index is 652. The van der Waals surface area contributed by atoms with E-state index in [2.05, 4.69) is 15.0 Å². The highest BCUT2D eigenvalue weighted by Crippen LogP contribution is 2.45. The van der Waals surface area contributed by atoms with Crippen LogP contribution in [0, 0.1) is 22.0 Å². The van der Waals surface area contributed by atoms with Crippen molar-refractivity contribution in [1.82, 2.24) is 4.90 Å². The number of nitrogens with zero attached hydrogens (tertiary/aromatic N) is 4. The van der Waals surface area contributed by atoms with Crippen molar-refractivity contribution in [3.63, 3.8) is 0 Å². The van der Waals surface area contributed by atoms with Gasteiger partial charge >= 0.3 is 0 Å². The largest absolute Gasteiger partial charge is 0.411 e. The van der Waals surface area contributed by atoms with E-state index >= 15 is 0 Å². The number of rotatable bonds is 3. The highest BCUT2D eigenvalue weighted by atomic mass is 16.6. The van der Waals surface area contributed by atoms with Crippen molar-refractivity contribution in [2.24, 2.45) is 17.0 Å². The number of nitro groups is 1. The van der Waals surface area contributed by atoms with Crippen LogP contribution in [0.1, 0.15) is 19.3 Å². The summed E-state index contributed by atoms with van der Waals surface area (Å²) in [6, 6.07) is 7.09. The fourth-order valence-electron chi connectivity index (χ4n) is 4.72. The van der Waals surface area contributed by atoms with Crippen LogP contribution in [0.2, 0.25) is 0 Å². The number of oxime groups is 1. The van der Waals surface area contributed by atoms with Gasteiger partial charge in [0, 0.05) is 49.9 Å². The van der Waals surface area contributed by atoms with Crippen LogP contribution in [0.15, 0.2) is 29.4 Å². The average Bonchev–Trinajstić information content (AvgIpc) is 3.23. The predicted octanol–water partition coefficient (Wildman–Crippen LogP) is 2.35. The molecule has 128 valence electrons. The number of piperazine rings is 1. The number of non-ortho nitro benzene ring substituents is 1. The van der Waals surface area contributed by atoms with Crippen LogP contribution in [0.5, 0.6) is 0 Å². The maximum Gasteiger partial charge on any atom is 0.269 e. The SMILES string of the molecule is O=[N+]([O-])c1ccc(N2CCN(C3/C(=N/O)C4CCC3C4)CC2)cc1. The lowest BCUT2D eigenvalue weighted by Crippen LogP contribution is -2.54. The molecule has 4 rings (SSSR count). The minimum atomic E-state index is -0.368. The van der Waals surface area contributed by atoms with Gasteiger partial charge in [-0.15, -0.1) is 0 Å². The van der Waals surface area contributed by atoms with Gasteiger partial charge in [-0.3, -0.25) is 15.0 Å². The summed E-state index contributed by atoms with van der Waals surface area (Å²) in [4.78, 5) is 15.1. The average molecular weight is 330 g/mol. The third-order valence-corrected chi connectivity index (χ3v) is 5.89. The van der Waals surface area contributed by atoms with Gasteiger partial charge in [-0.25, -0.2) is 0 Å². The van der Waals surface area contributed by atoms with Gasteiger partial charge < -0.3 is 10.1 Å². The first-order valence-corrected chi connectivity index (χ1v) is 8.62. The summed E-state index contributed by atoms with van der Waals surface area (Å²) in [6.45, 7) is 3.66. The molecule has 2 aliphatic carbocycles. The minimum absolute atomic E-state index is 0.128. The predicted molar refractivity (Wildman–Crippen MR) is 90.7 cm³/mol. The molecule has 7 nitrogen and oxygen atoms in total. The summed E-state index contributed by atoms with van der Waals surface area (Å²) in [5.41, 5.74) is 2.16. The van der Waals surface area contributed by atoms with E-state index in [1.807, 2.05) is 12.1 Å². The van der Waals surface area contributed by atoms with E-state index in [-0.39, 0.29) is 10.6 Å². The first-order valence-electron chi connectivity index (χ1n) is 8.62. The van der Waals surface area contributed by atoms with Gasteiger partial charge in [-0.1, -0.05) is 5.16 Å². The molecular formula is C17H22N4O3. The van der Waals surface area contributed by atoms with Crippen LogP contribution in [-0.2, 0) is 0 Å². The zero-order valence-corrected chi connectivity index (χ0v) is 13.5. The molecule has 1 saturated heterocycles. The van der Waals surface area contributed by atoms with Crippen molar-refractivity contribution in [3.05, 3.63) is 34.4 Å². The molecule has 3 atom stereocenters. The molecule has 3 fully saturated rings. The first-order chi connectivity index (χ1) is 11.7. The first kappa shape index (κ1) is 15.4. The molecule has 1 N–H and O–H groups in total. The Morgan fingerprint density at radius 3 is 2.46 bits per heavy atom. The number of hydrogen-bond donors (Lipinski definition) is 1. The van der Waals surface area contributed by atoms with Gasteiger partial charge in [0.05, 0.1) is 16.7 Å². The molecule has 0 aromatic heterocycles. The normalized spacial score (nSPS) is 31.8. The molecule has 24 heavy (non-hydrogen) atoms. The van der Waals surface area contributed by atoms with E-state index < -0.39 is 0 Å². The van der Waals surface area contributed by atoms with Crippen molar-refractivity contribution < 1.29 is 10.1 Å². The maximum atomic E-state index is 10.8. The fourth-order valence-corrected chi connectivity index (χ4v) is 4.72. The third-order valence-electron chi connectivity index (χ3n) is 5.89. The van der Waals surface area contributed by atoms with Crippen LogP contribution in [-0.4, -0.2) is 53.0 Å². The molecular weight excluding hydrogens is 308 g/mol. The standard InChI is InChI=1S/C17H22N4O3/c22-18-16-12-1-2-13(11-12)17(16)20-9-7-19(8-10-20)14-3-5-15(6-4-14)21(23)24/h3-6,12-13,17,22H,1-2,7-11H2/b18-16+. The van der Waals surface area contributed by atoms with Gasteiger partial charge in [0.15, 0.2) is 0 Å². The minimum Gasteiger partial charge on any atom is -0.411 e. The summed E-state index contributed by atoms with van der Waals surface area (Å²) in [5.74, 6) is 1.13. The zero-order chi connectivity index (χ0) is 16.7. The number of nitro benzene ring substituents is 1. The van der Waals surface area contributed by atoms with E-state index in [0.717, 1.165) is 37.6 Å². The van der Waals surface area contributed by atoms with Gasteiger partial charge in [-0.05, 0) is 37.3 Å². The lowest BCUT2D eigenvalue weighted by atomic mass is 9.91. The molecule has 1 aliphatic heterocycles. The van der Waals surface area contributed by atoms with Crippen LogP contribution in [0.25, 0.3) is 0 Å². The molecule has 3 aliphatic rings. The Labute approximate surface area is 140 Å². The van der Waals surface area contributed by atoms with E-state index in [9.17, 15) is 15.3 Å². The topological polar surface area (TPSA) is 82.2 Å². The number of benzene rings is 1. The molecule has 0 spiro atoms. The highest BCUT2D eigenvalue weighted by Gasteiger charge is 2.48. The Kier molecular flexibility index (Phi) is 3.88. The summed E-state index contributed by atoms with van der Waals surface area (Å²) in [5, 5.41) is 23.8. The molecule has 1 aromatic carbocycles. The fraction of sp³-hybridized carbons (Fsp3) is 0.588. The van der Waals surface area contributed by atoms with Crippen molar-refractivity contribution in [2.75, 3.05) is 31.1 Å². The molecule has 1 aromatic rings. The summed E-state index contributed by atoms with van der Waals surface area (Å²) in [6.07, 6.45) is 3.59. The second-order valence-corrected chi connectivity index (χ2v) is 7.04. The van der Waals surface area contributed by atoms with Gasteiger partial charge in [0.25, 0.3) is 5.69 Å². The van der Waals surface area contributed by atoms with E-state index in [0.29, 0.717) is 17.9 Å². The van der Waals surface area contributed by atoms with Gasteiger partial charge in [0.2, 0.25) is 0 Å². The number of fused-ring (bicyclic) bond motifs is 2. The summed E-state index contributed by atoms with van der Waals surface area (Å²) in [7, 11) is 0. The summed E-state index contributed by atoms with van der Waals surface area (Å²) >= 11 is 0. The molecule has 2 saturated carbocycles. The van der Waals surface area contributed by atoms with E-state index in [1.165, 1.54) is 19.3 Å². The Hall–Kier alpha value is -2.15. The third kappa shape index (κ3) is 2.53. The smallest absolute Gasteiger partial charge is 0.269 e. The van der Waals surface area contributed by atoms with Gasteiger partial charge in [0.1, 0.15) is 0 Å². The molecule has 0 radical (unpaired) electrons. The van der Waals surface area contributed by atoms with Crippen molar-refractivity contribution in [3.8, 4) is 0 Å². The van der Waals surface area contributed by atoms with Crippen molar-refractivity contribution in [1.29, 1.82) is 0 Å². The Morgan fingerprint density at radius 2 is 1.83 bits per heavy atom. The number of anilines is 1. The lowest BCUT2D eigenvalue weighted by Gasteiger charge is -2.41. The molecule has 2 bridgehead atoms. The Morgan fingerprint density at radius 1 is 1.12 bits per heavy atom. The van der Waals surface area contributed by atoms with Crippen LogP contribution < -0.4 is 4.90 Å². The number of hydrogen-bond acceptors (Lipinski definition) is 6. The highest BCUT2D eigenvalue weighted by molar-refractivity contribution is 5.94. The van der Waals surface area contributed by atoms with Crippen LogP contribution in [0.4, 0.5) is 11.4 Å². The van der Waals surface area contributed by atoms with Crippen molar-refractivity contribution in [2.45, 2.75) is 25.3 Å². The second-order valence-electron chi connectivity index (χ2n) is 7.04. The van der Waals surface area contributed by atoms with Crippen LogP contribution >= 0.6 is 0 Å². The Balaban J connectivity index is 1.41. The molecule has 0 amide bonds. The van der Waals surface area contributed by atoms with Crippen molar-refractivity contribution >= 4 is 17.1 Å². The molecule has 1 heterocycles. The van der Waals surface area contributed by atoms with Crippen LogP contribution in [0.3, 0.4) is 0 Å². The quantitative estimate of drug-likeness (QED) is 0.522. The zero-order valence-electron chi connectivity index (χ0n) is 13.5. The lowest BCUT2D eigenvalue weighted by molar-refractivity contribution is -0.384. The maximum absolute atomic E-state index is 10.8. The molecule has 3 unspecified atom stereocenters. The van der Waals surface area contributed by atoms with E-state index in [1.54, 1.807) is 12.1 Å². The van der Waals surface area contributed by atoms with E-state index in [4.69, 9.17) is 0 Å². The second kappa shape index (κ2) is 6.05. The summed E-state index contributed by atoms with van der Waals surface area (Å²) < 4.78 is 0. The molecule has 7 heteroatoms. The monoisotopic (exact) mass is 330 g/mol. The van der Waals surface area contributed by atoms with Gasteiger partial charge in [-0.2, -0.15) is 0 Å².